The normalized spacial score (nSPS) is 14.4. The summed E-state index contributed by atoms with van der Waals surface area (Å²) < 4.78 is 34.5. The lowest BCUT2D eigenvalue weighted by molar-refractivity contribution is 0.0720. The third-order valence-electron chi connectivity index (χ3n) is 5.59. The molecule has 1 saturated heterocycles. The zero-order valence-electron chi connectivity index (χ0n) is 17.9. The fourth-order valence-corrected chi connectivity index (χ4v) is 5.02. The van der Waals surface area contributed by atoms with Crippen LogP contribution in [0, 0.1) is 0 Å². The molecule has 0 radical (unpaired) electrons. The minimum absolute atomic E-state index is 0.0524. The number of ether oxygens (including phenoxy) is 1. The van der Waals surface area contributed by atoms with Gasteiger partial charge in [-0.3, -0.25) is 9.52 Å². The van der Waals surface area contributed by atoms with Crippen LogP contribution in [0.3, 0.4) is 0 Å². The first-order chi connectivity index (χ1) is 14.4. The Balaban J connectivity index is 1.98. The van der Waals surface area contributed by atoms with E-state index >= 15 is 0 Å². The van der Waals surface area contributed by atoms with Gasteiger partial charge < -0.3 is 9.64 Å². The van der Waals surface area contributed by atoms with Gasteiger partial charge in [-0.1, -0.05) is 32.0 Å². The van der Waals surface area contributed by atoms with Crippen molar-refractivity contribution >= 4 is 21.6 Å². The van der Waals surface area contributed by atoms with Crippen molar-refractivity contribution in [2.45, 2.75) is 50.8 Å². The highest BCUT2D eigenvalue weighted by atomic mass is 32.2. The molecule has 0 saturated carbocycles. The van der Waals surface area contributed by atoms with E-state index in [1.54, 1.807) is 11.0 Å². The minimum Gasteiger partial charge on any atom is -0.496 e. The third-order valence-corrected chi connectivity index (χ3v) is 6.94. The maximum atomic E-state index is 13.2. The number of carbonyl (C=O) groups excluding carboxylic acids is 1. The van der Waals surface area contributed by atoms with Gasteiger partial charge in [0.05, 0.1) is 23.3 Å². The summed E-state index contributed by atoms with van der Waals surface area (Å²) in [6.45, 7) is 5.35. The molecule has 1 heterocycles. The number of methoxy groups -OCH3 is 1. The number of hydrogen-bond donors (Lipinski definition) is 1. The van der Waals surface area contributed by atoms with Crippen LogP contribution >= 0.6 is 0 Å². The van der Waals surface area contributed by atoms with Crippen molar-refractivity contribution < 1.29 is 17.9 Å². The smallest absolute Gasteiger partial charge is 0.261 e. The Bertz CT molecular complexity index is 990. The Morgan fingerprint density at radius 2 is 1.67 bits per heavy atom. The molecule has 30 heavy (non-hydrogen) atoms. The SMILES string of the molecule is CCc1cccc(CC)c1NS(=O)(=O)c1ccc(OC)c(C(=O)N2CCCCC2)c1. The van der Waals surface area contributed by atoms with E-state index in [1.807, 2.05) is 32.0 Å². The van der Waals surface area contributed by atoms with Crippen molar-refractivity contribution in [3.63, 3.8) is 0 Å². The van der Waals surface area contributed by atoms with Crippen LogP contribution in [0.15, 0.2) is 41.3 Å². The fourth-order valence-electron chi connectivity index (χ4n) is 3.86. The fraction of sp³-hybridized carbons (Fsp3) is 0.435. The second kappa shape index (κ2) is 9.51. The van der Waals surface area contributed by atoms with Crippen molar-refractivity contribution in [3.8, 4) is 5.75 Å². The van der Waals surface area contributed by atoms with E-state index in [0.717, 1.165) is 30.4 Å². The van der Waals surface area contributed by atoms with E-state index in [0.29, 0.717) is 37.4 Å². The number of amides is 1. The molecule has 1 fully saturated rings. The van der Waals surface area contributed by atoms with Gasteiger partial charge in [0.2, 0.25) is 0 Å². The zero-order valence-corrected chi connectivity index (χ0v) is 18.7. The van der Waals surface area contributed by atoms with Crippen molar-refractivity contribution in [1.82, 2.24) is 4.90 Å². The molecule has 162 valence electrons. The maximum absolute atomic E-state index is 13.2. The average molecular weight is 431 g/mol. The lowest BCUT2D eigenvalue weighted by atomic mass is 10.0. The summed E-state index contributed by atoms with van der Waals surface area (Å²) in [5.41, 5.74) is 2.79. The molecule has 1 N–H and O–H groups in total. The third kappa shape index (κ3) is 4.61. The molecule has 1 aliphatic rings. The summed E-state index contributed by atoms with van der Waals surface area (Å²) in [5.74, 6) is 0.194. The molecule has 3 rings (SSSR count). The van der Waals surface area contributed by atoms with Gasteiger partial charge in [0.15, 0.2) is 0 Å². The molecule has 2 aromatic rings. The van der Waals surface area contributed by atoms with Crippen LogP contribution in [0.25, 0.3) is 0 Å². The van der Waals surface area contributed by atoms with E-state index in [9.17, 15) is 13.2 Å². The predicted octanol–water partition coefficient (Wildman–Crippen LogP) is 4.25. The summed E-state index contributed by atoms with van der Waals surface area (Å²) in [4.78, 5) is 14.9. The van der Waals surface area contributed by atoms with E-state index in [1.165, 1.54) is 19.2 Å². The average Bonchev–Trinajstić information content (AvgIpc) is 2.78. The Morgan fingerprint density at radius 3 is 2.23 bits per heavy atom. The quantitative estimate of drug-likeness (QED) is 0.713. The van der Waals surface area contributed by atoms with Crippen molar-refractivity contribution in [3.05, 3.63) is 53.1 Å². The number of piperidine rings is 1. The molecule has 0 spiro atoms. The van der Waals surface area contributed by atoms with E-state index in [4.69, 9.17) is 4.74 Å². The van der Waals surface area contributed by atoms with Gasteiger partial charge in [-0.2, -0.15) is 0 Å². The molecule has 1 amide bonds. The second-order valence-corrected chi connectivity index (χ2v) is 9.16. The van der Waals surface area contributed by atoms with Crippen LogP contribution in [0.2, 0.25) is 0 Å². The number of likely N-dealkylation sites (tertiary alicyclic amines) is 1. The first-order valence-corrected chi connectivity index (χ1v) is 12.0. The van der Waals surface area contributed by atoms with Crippen molar-refractivity contribution in [2.75, 3.05) is 24.9 Å². The van der Waals surface area contributed by atoms with E-state index < -0.39 is 10.0 Å². The van der Waals surface area contributed by atoms with Gasteiger partial charge in [-0.05, 0) is 61.4 Å². The van der Waals surface area contributed by atoms with Crippen molar-refractivity contribution in [2.24, 2.45) is 0 Å². The van der Waals surface area contributed by atoms with Crippen LogP contribution < -0.4 is 9.46 Å². The molecule has 7 heteroatoms. The molecular weight excluding hydrogens is 400 g/mol. The lowest BCUT2D eigenvalue weighted by Gasteiger charge is -2.27. The molecule has 0 bridgehead atoms. The van der Waals surface area contributed by atoms with E-state index in [2.05, 4.69) is 4.72 Å². The number of hydrogen-bond acceptors (Lipinski definition) is 4. The van der Waals surface area contributed by atoms with Crippen molar-refractivity contribution in [1.29, 1.82) is 0 Å². The molecule has 1 aliphatic heterocycles. The number of aryl methyl sites for hydroxylation is 2. The second-order valence-electron chi connectivity index (χ2n) is 7.48. The molecule has 0 atom stereocenters. The first-order valence-electron chi connectivity index (χ1n) is 10.5. The number of para-hydroxylation sites is 1. The molecule has 0 aromatic heterocycles. The standard InChI is InChI=1S/C23H30N2O4S/c1-4-17-10-9-11-18(5-2)22(17)24-30(27,28)19-12-13-21(29-3)20(16-19)23(26)25-14-7-6-8-15-25/h9-13,16,24H,4-8,14-15H2,1-3H3. The lowest BCUT2D eigenvalue weighted by Crippen LogP contribution is -2.35. The topological polar surface area (TPSA) is 75.7 Å². The highest BCUT2D eigenvalue weighted by molar-refractivity contribution is 7.92. The monoisotopic (exact) mass is 430 g/mol. The number of nitrogens with one attached hydrogen (secondary N) is 1. The van der Waals surface area contributed by atoms with Crippen LogP contribution in [0.4, 0.5) is 5.69 Å². The summed E-state index contributed by atoms with van der Waals surface area (Å²) >= 11 is 0. The highest BCUT2D eigenvalue weighted by Gasteiger charge is 2.25. The predicted molar refractivity (Wildman–Crippen MR) is 119 cm³/mol. The summed E-state index contributed by atoms with van der Waals surface area (Å²) in [6, 6.07) is 10.3. The minimum atomic E-state index is -3.87. The number of nitrogens with zero attached hydrogens (tertiary/aromatic N) is 1. The van der Waals surface area contributed by atoms with Gasteiger partial charge in [-0.25, -0.2) is 8.42 Å². The van der Waals surface area contributed by atoms with E-state index in [-0.39, 0.29) is 16.4 Å². The Hall–Kier alpha value is -2.54. The van der Waals surface area contributed by atoms with Gasteiger partial charge in [0.1, 0.15) is 5.75 Å². The Kier molecular flexibility index (Phi) is 7.02. The molecular formula is C23H30N2O4S. The largest absolute Gasteiger partial charge is 0.496 e. The molecule has 0 unspecified atom stereocenters. The Labute approximate surface area is 179 Å². The molecule has 2 aromatic carbocycles. The van der Waals surface area contributed by atoms with Crippen LogP contribution in [-0.2, 0) is 22.9 Å². The van der Waals surface area contributed by atoms with Gasteiger partial charge in [0.25, 0.3) is 15.9 Å². The van der Waals surface area contributed by atoms with Crippen LogP contribution in [0.1, 0.15) is 54.6 Å². The summed E-state index contributed by atoms with van der Waals surface area (Å²) in [5, 5.41) is 0. The summed E-state index contributed by atoms with van der Waals surface area (Å²) in [6.07, 6.45) is 4.46. The zero-order chi connectivity index (χ0) is 21.7. The number of sulfonamides is 1. The Morgan fingerprint density at radius 1 is 1.03 bits per heavy atom. The van der Waals surface area contributed by atoms with Gasteiger partial charge in [-0.15, -0.1) is 0 Å². The van der Waals surface area contributed by atoms with Gasteiger partial charge >= 0.3 is 0 Å². The van der Waals surface area contributed by atoms with Crippen LogP contribution in [0.5, 0.6) is 5.75 Å². The maximum Gasteiger partial charge on any atom is 0.261 e. The number of benzene rings is 2. The number of carbonyl (C=O) groups is 1. The molecule has 6 nitrogen and oxygen atoms in total. The highest BCUT2D eigenvalue weighted by Crippen LogP contribution is 2.29. The molecule has 0 aliphatic carbocycles. The number of anilines is 1. The summed E-state index contributed by atoms with van der Waals surface area (Å²) in [7, 11) is -2.38. The van der Waals surface area contributed by atoms with Crippen LogP contribution in [-0.4, -0.2) is 39.4 Å². The first kappa shape index (κ1) is 22.2. The number of rotatable bonds is 7. The van der Waals surface area contributed by atoms with Gasteiger partial charge in [0, 0.05) is 13.1 Å².